The van der Waals surface area contributed by atoms with Crippen LogP contribution in [0.25, 0.3) is 0 Å². The average molecular weight is 319 g/mol. The quantitative estimate of drug-likeness (QED) is 0.928. The first-order valence-corrected chi connectivity index (χ1v) is 7.42. The molecule has 0 aliphatic rings. The minimum absolute atomic E-state index is 0.102. The third kappa shape index (κ3) is 3.79. The van der Waals surface area contributed by atoms with Gasteiger partial charge in [-0.05, 0) is 35.0 Å². The second-order valence-corrected chi connectivity index (χ2v) is 5.96. The van der Waals surface area contributed by atoms with Gasteiger partial charge in [-0.3, -0.25) is 4.21 Å². The summed E-state index contributed by atoms with van der Waals surface area (Å²) in [7, 11) is -0.936. The van der Waals surface area contributed by atoms with Crippen LogP contribution in [0.2, 0.25) is 0 Å². The Kier molecular flexibility index (Phi) is 5.09. The Labute approximate surface area is 111 Å². The summed E-state index contributed by atoms with van der Waals surface area (Å²) >= 11 is 3.03. The van der Waals surface area contributed by atoms with E-state index in [1.165, 1.54) is 12.1 Å². The molecule has 1 aromatic rings. The maximum Gasteiger partial charge on any atom is 0.161 e. The Balaban J connectivity index is 2.90. The van der Waals surface area contributed by atoms with E-state index >= 15 is 0 Å². The molecule has 0 radical (unpaired) electrons. The van der Waals surface area contributed by atoms with Gasteiger partial charge in [0.15, 0.2) is 5.82 Å². The lowest BCUT2D eigenvalue weighted by Gasteiger charge is -2.15. The SMILES string of the molecule is CC(CS(C)=O)Nc1ccc(C#N)c(Br)c1F. The van der Waals surface area contributed by atoms with Gasteiger partial charge in [0.25, 0.3) is 0 Å². The molecule has 1 N–H and O–H groups in total. The standard InChI is InChI=1S/C11H12BrFN2OS/c1-7(6-17(2)16)15-9-4-3-8(5-14)10(12)11(9)13/h3-4,7,15H,6H2,1-2H3. The molecule has 0 aliphatic heterocycles. The molecule has 3 nitrogen and oxygen atoms in total. The van der Waals surface area contributed by atoms with Crippen molar-refractivity contribution in [3.8, 4) is 6.07 Å². The molecule has 17 heavy (non-hydrogen) atoms. The average Bonchev–Trinajstić information content (AvgIpc) is 2.24. The van der Waals surface area contributed by atoms with Crippen LogP contribution in [0.3, 0.4) is 0 Å². The van der Waals surface area contributed by atoms with Gasteiger partial charge in [0.2, 0.25) is 0 Å². The summed E-state index contributed by atoms with van der Waals surface area (Å²) in [6.07, 6.45) is 1.60. The molecule has 2 unspecified atom stereocenters. The molecule has 92 valence electrons. The number of hydrogen-bond acceptors (Lipinski definition) is 3. The molecule has 0 spiro atoms. The lowest BCUT2D eigenvalue weighted by molar-refractivity contribution is 0.620. The molecule has 0 bridgehead atoms. The predicted molar refractivity (Wildman–Crippen MR) is 70.8 cm³/mol. The highest BCUT2D eigenvalue weighted by Gasteiger charge is 2.13. The zero-order valence-corrected chi connectivity index (χ0v) is 11.9. The van der Waals surface area contributed by atoms with Crippen LogP contribution in [-0.4, -0.2) is 22.3 Å². The van der Waals surface area contributed by atoms with Crippen molar-refractivity contribution in [2.45, 2.75) is 13.0 Å². The highest BCUT2D eigenvalue weighted by atomic mass is 79.9. The van der Waals surface area contributed by atoms with Crippen molar-refractivity contribution in [3.63, 3.8) is 0 Å². The van der Waals surface area contributed by atoms with Crippen LogP contribution in [0, 0.1) is 17.1 Å². The largest absolute Gasteiger partial charge is 0.379 e. The molecule has 0 saturated heterocycles. The zero-order valence-electron chi connectivity index (χ0n) is 9.46. The van der Waals surface area contributed by atoms with E-state index in [0.29, 0.717) is 11.4 Å². The summed E-state index contributed by atoms with van der Waals surface area (Å²) < 4.78 is 25.0. The zero-order chi connectivity index (χ0) is 13.0. The lowest BCUT2D eigenvalue weighted by Crippen LogP contribution is -2.22. The van der Waals surface area contributed by atoms with Crippen LogP contribution in [0.15, 0.2) is 16.6 Å². The van der Waals surface area contributed by atoms with E-state index in [9.17, 15) is 8.60 Å². The van der Waals surface area contributed by atoms with Crippen molar-refractivity contribution in [2.24, 2.45) is 0 Å². The van der Waals surface area contributed by atoms with Crippen molar-refractivity contribution in [1.29, 1.82) is 5.26 Å². The van der Waals surface area contributed by atoms with Gasteiger partial charge in [-0.25, -0.2) is 4.39 Å². The fourth-order valence-electron chi connectivity index (χ4n) is 1.41. The number of nitriles is 1. The second kappa shape index (κ2) is 6.12. The maximum atomic E-state index is 13.8. The van der Waals surface area contributed by atoms with E-state index in [-0.39, 0.29) is 16.1 Å². The van der Waals surface area contributed by atoms with Gasteiger partial charge in [0.1, 0.15) is 6.07 Å². The normalized spacial score (nSPS) is 13.8. The van der Waals surface area contributed by atoms with Crippen LogP contribution in [0.4, 0.5) is 10.1 Å². The van der Waals surface area contributed by atoms with Gasteiger partial charge in [-0.15, -0.1) is 0 Å². The van der Waals surface area contributed by atoms with Crippen LogP contribution >= 0.6 is 15.9 Å². The Bertz CT molecular complexity index is 487. The van der Waals surface area contributed by atoms with Gasteiger partial charge >= 0.3 is 0 Å². The first-order valence-electron chi connectivity index (χ1n) is 4.90. The molecule has 0 aliphatic carbocycles. The van der Waals surface area contributed by atoms with Crippen molar-refractivity contribution in [3.05, 3.63) is 28.0 Å². The monoisotopic (exact) mass is 318 g/mol. The van der Waals surface area contributed by atoms with Gasteiger partial charge in [0.05, 0.1) is 15.7 Å². The Morgan fingerprint density at radius 2 is 2.29 bits per heavy atom. The Morgan fingerprint density at radius 1 is 1.65 bits per heavy atom. The number of hydrogen-bond donors (Lipinski definition) is 1. The van der Waals surface area contributed by atoms with Gasteiger partial charge in [-0.2, -0.15) is 5.26 Å². The van der Waals surface area contributed by atoms with E-state index in [2.05, 4.69) is 21.2 Å². The topological polar surface area (TPSA) is 52.9 Å². The summed E-state index contributed by atoms with van der Waals surface area (Å²) in [4.78, 5) is 0. The van der Waals surface area contributed by atoms with Crippen LogP contribution in [0.1, 0.15) is 12.5 Å². The number of benzene rings is 1. The Hall–Kier alpha value is -0.930. The van der Waals surface area contributed by atoms with E-state index in [4.69, 9.17) is 5.26 Å². The molecule has 1 aromatic carbocycles. The van der Waals surface area contributed by atoms with Crippen molar-refractivity contribution < 1.29 is 8.60 Å². The van der Waals surface area contributed by atoms with Gasteiger partial charge in [0, 0.05) is 28.9 Å². The first kappa shape index (κ1) is 14.1. The highest BCUT2D eigenvalue weighted by molar-refractivity contribution is 9.10. The summed E-state index contributed by atoms with van der Waals surface area (Å²) in [5.74, 6) is -0.0605. The summed E-state index contributed by atoms with van der Waals surface area (Å²) in [5, 5.41) is 11.7. The number of halogens is 2. The van der Waals surface area contributed by atoms with Crippen molar-refractivity contribution in [1.82, 2.24) is 0 Å². The number of rotatable bonds is 4. The molecule has 0 heterocycles. The van der Waals surface area contributed by atoms with Crippen LogP contribution in [0.5, 0.6) is 0 Å². The Morgan fingerprint density at radius 3 is 2.82 bits per heavy atom. The van der Waals surface area contributed by atoms with Crippen molar-refractivity contribution >= 4 is 32.4 Å². The minimum atomic E-state index is -0.936. The maximum absolute atomic E-state index is 13.8. The summed E-state index contributed by atoms with van der Waals surface area (Å²) in [5.41, 5.74) is 0.550. The van der Waals surface area contributed by atoms with Crippen LogP contribution in [-0.2, 0) is 10.8 Å². The van der Waals surface area contributed by atoms with E-state index in [1.54, 1.807) is 6.26 Å². The summed E-state index contributed by atoms with van der Waals surface area (Å²) in [6.45, 7) is 1.83. The van der Waals surface area contributed by atoms with Gasteiger partial charge < -0.3 is 5.32 Å². The predicted octanol–water partition coefficient (Wildman–Crippen LogP) is 2.64. The molecule has 0 amide bonds. The third-order valence-electron chi connectivity index (χ3n) is 2.09. The van der Waals surface area contributed by atoms with E-state index < -0.39 is 16.6 Å². The van der Waals surface area contributed by atoms with E-state index in [1.807, 2.05) is 13.0 Å². The number of nitrogens with one attached hydrogen (secondary N) is 1. The summed E-state index contributed by atoms with van der Waals surface area (Å²) in [6, 6.07) is 4.82. The first-order chi connectivity index (χ1) is 7.95. The van der Waals surface area contributed by atoms with Crippen molar-refractivity contribution in [2.75, 3.05) is 17.3 Å². The molecule has 1 rings (SSSR count). The number of anilines is 1. The third-order valence-corrected chi connectivity index (χ3v) is 3.83. The minimum Gasteiger partial charge on any atom is -0.379 e. The lowest BCUT2D eigenvalue weighted by atomic mass is 10.2. The highest BCUT2D eigenvalue weighted by Crippen LogP contribution is 2.26. The molecule has 0 saturated carbocycles. The fraction of sp³-hybridized carbons (Fsp3) is 0.364. The molecule has 0 fully saturated rings. The molecule has 0 aromatic heterocycles. The molecule has 2 atom stereocenters. The van der Waals surface area contributed by atoms with E-state index in [0.717, 1.165) is 0 Å². The molecular weight excluding hydrogens is 307 g/mol. The smallest absolute Gasteiger partial charge is 0.161 e. The fourth-order valence-corrected chi connectivity index (χ4v) is 2.63. The second-order valence-electron chi connectivity index (χ2n) is 3.69. The number of nitrogens with zero attached hydrogens (tertiary/aromatic N) is 1. The van der Waals surface area contributed by atoms with Crippen LogP contribution < -0.4 is 5.32 Å². The molecule has 6 heteroatoms. The van der Waals surface area contributed by atoms with Gasteiger partial charge in [-0.1, -0.05) is 0 Å². The molecular formula is C11H12BrFN2OS.